The molecule has 0 atom stereocenters. The summed E-state index contributed by atoms with van der Waals surface area (Å²) in [7, 11) is 1.71. The SMILES string of the molecule is CN(Cc1ccco1)Nc1c(C(=O)c2ccc(F)cc2F)ccc(=O)n1-c1ccccc1. The van der Waals surface area contributed by atoms with E-state index in [0.717, 1.165) is 12.1 Å². The molecule has 4 aromatic rings. The van der Waals surface area contributed by atoms with Crippen molar-refractivity contribution in [3.8, 4) is 5.69 Å². The number of hydrazine groups is 1. The predicted octanol–water partition coefficient (Wildman–Crippen LogP) is 4.40. The number of carbonyl (C=O) groups excluding carboxylic acids is 1. The van der Waals surface area contributed by atoms with Gasteiger partial charge in [0.15, 0.2) is 5.78 Å². The van der Waals surface area contributed by atoms with Crippen molar-refractivity contribution in [3.63, 3.8) is 0 Å². The molecule has 2 aromatic carbocycles. The maximum Gasteiger partial charge on any atom is 0.256 e. The minimum Gasteiger partial charge on any atom is -0.468 e. The van der Waals surface area contributed by atoms with E-state index >= 15 is 0 Å². The summed E-state index contributed by atoms with van der Waals surface area (Å²) < 4.78 is 34.4. The highest BCUT2D eigenvalue weighted by molar-refractivity contribution is 6.12. The highest BCUT2D eigenvalue weighted by Crippen LogP contribution is 2.24. The lowest BCUT2D eigenvalue weighted by Gasteiger charge is -2.23. The van der Waals surface area contributed by atoms with Crippen molar-refractivity contribution >= 4 is 11.6 Å². The Labute approximate surface area is 182 Å². The molecule has 0 aliphatic carbocycles. The number of anilines is 1. The monoisotopic (exact) mass is 435 g/mol. The first kappa shape index (κ1) is 21.2. The van der Waals surface area contributed by atoms with Gasteiger partial charge in [0, 0.05) is 19.2 Å². The van der Waals surface area contributed by atoms with E-state index < -0.39 is 17.4 Å². The number of aromatic nitrogens is 1. The van der Waals surface area contributed by atoms with Crippen LogP contribution in [0.3, 0.4) is 0 Å². The Hall–Kier alpha value is -4.04. The number of nitrogens with zero attached hydrogens (tertiary/aromatic N) is 2. The molecule has 0 fully saturated rings. The van der Waals surface area contributed by atoms with Crippen LogP contribution in [0.1, 0.15) is 21.7 Å². The molecule has 0 bridgehead atoms. The van der Waals surface area contributed by atoms with Crippen molar-refractivity contribution in [3.05, 3.63) is 118 Å². The van der Waals surface area contributed by atoms with Crippen LogP contribution < -0.4 is 11.0 Å². The Morgan fingerprint density at radius 2 is 1.75 bits per heavy atom. The van der Waals surface area contributed by atoms with Gasteiger partial charge in [0.1, 0.15) is 23.2 Å². The molecule has 0 saturated carbocycles. The predicted molar refractivity (Wildman–Crippen MR) is 116 cm³/mol. The van der Waals surface area contributed by atoms with Crippen LogP contribution in [0.15, 0.2) is 88.3 Å². The van der Waals surface area contributed by atoms with Crippen molar-refractivity contribution in [2.45, 2.75) is 6.54 Å². The Kier molecular flexibility index (Phi) is 5.96. The second-order valence-electron chi connectivity index (χ2n) is 7.11. The van der Waals surface area contributed by atoms with Gasteiger partial charge in [-0.05, 0) is 42.5 Å². The topological polar surface area (TPSA) is 67.5 Å². The Morgan fingerprint density at radius 1 is 1.00 bits per heavy atom. The number of halogens is 2. The Morgan fingerprint density at radius 3 is 2.44 bits per heavy atom. The maximum absolute atomic E-state index is 14.4. The second-order valence-corrected chi connectivity index (χ2v) is 7.11. The van der Waals surface area contributed by atoms with E-state index in [1.165, 1.54) is 23.0 Å². The minimum absolute atomic E-state index is 0.0465. The number of rotatable bonds is 7. The first-order valence-electron chi connectivity index (χ1n) is 9.75. The molecule has 0 radical (unpaired) electrons. The third-order valence-electron chi connectivity index (χ3n) is 4.80. The molecule has 2 heterocycles. The molecular weight excluding hydrogens is 416 g/mol. The van der Waals surface area contributed by atoms with Crippen molar-refractivity contribution < 1.29 is 18.0 Å². The fraction of sp³-hybridized carbons (Fsp3) is 0.0833. The van der Waals surface area contributed by atoms with Crippen molar-refractivity contribution in [1.29, 1.82) is 0 Å². The number of hydrogen-bond donors (Lipinski definition) is 1. The number of benzene rings is 2. The van der Waals surface area contributed by atoms with Gasteiger partial charge in [0.05, 0.1) is 29.6 Å². The lowest BCUT2D eigenvalue weighted by Crippen LogP contribution is -2.31. The number of pyridine rings is 1. The summed E-state index contributed by atoms with van der Waals surface area (Å²) in [6.45, 7) is 0.323. The van der Waals surface area contributed by atoms with E-state index in [9.17, 15) is 18.4 Å². The smallest absolute Gasteiger partial charge is 0.256 e. The normalized spacial score (nSPS) is 11.0. The van der Waals surface area contributed by atoms with Gasteiger partial charge < -0.3 is 9.84 Å². The largest absolute Gasteiger partial charge is 0.468 e. The standard InChI is InChI=1S/C24H19F2N3O3/c1-28(15-18-8-5-13-32-18)27-24-20(23(31)19-10-9-16(25)14-21(19)26)11-12-22(30)29(24)17-6-3-2-4-7-17/h2-14,27H,15H2,1H3. The molecule has 0 amide bonds. The summed E-state index contributed by atoms with van der Waals surface area (Å²) in [5.41, 5.74) is 2.93. The molecule has 32 heavy (non-hydrogen) atoms. The van der Waals surface area contributed by atoms with Crippen LogP contribution in [0.2, 0.25) is 0 Å². The summed E-state index contributed by atoms with van der Waals surface area (Å²) in [5.74, 6) is -1.67. The molecule has 162 valence electrons. The lowest BCUT2D eigenvalue weighted by molar-refractivity contribution is 0.103. The summed E-state index contributed by atoms with van der Waals surface area (Å²) in [6, 6.07) is 17.6. The molecule has 0 aliphatic rings. The van der Waals surface area contributed by atoms with Gasteiger partial charge in [-0.15, -0.1) is 0 Å². The average Bonchev–Trinajstić information content (AvgIpc) is 3.27. The number of furan rings is 1. The molecule has 1 N–H and O–H groups in total. The second kappa shape index (κ2) is 8.99. The third-order valence-corrected chi connectivity index (χ3v) is 4.80. The third kappa shape index (κ3) is 4.35. The van der Waals surface area contributed by atoms with Gasteiger partial charge in [-0.3, -0.25) is 14.2 Å². The van der Waals surface area contributed by atoms with Gasteiger partial charge >= 0.3 is 0 Å². The van der Waals surface area contributed by atoms with Gasteiger partial charge in [-0.2, -0.15) is 0 Å². The first-order chi connectivity index (χ1) is 15.4. The fourth-order valence-corrected chi connectivity index (χ4v) is 3.34. The van der Waals surface area contributed by atoms with Crippen LogP contribution in [0.4, 0.5) is 14.6 Å². The Balaban J connectivity index is 1.84. The zero-order valence-electron chi connectivity index (χ0n) is 17.1. The quantitative estimate of drug-likeness (QED) is 0.344. The van der Waals surface area contributed by atoms with Crippen LogP contribution in [0, 0.1) is 11.6 Å². The first-order valence-corrected chi connectivity index (χ1v) is 9.75. The van der Waals surface area contributed by atoms with Crippen LogP contribution in [-0.2, 0) is 6.54 Å². The zero-order valence-corrected chi connectivity index (χ0v) is 17.1. The summed E-state index contributed by atoms with van der Waals surface area (Å²) in [4.78, 5) is 26.1. The molecule has 0 unspecified atom stereocenters. The van der Waals surface area contributed by atoms with Crippen molar-refractivity contribution in [1.82, 2.24) is 9.58 Å². The number of nitrogens with one attached hydrogen (secondary N) is 1. The highest BCUT2D eigenvalue weighted by atomic mass is 19.1. The van der Waals surface area contributed by atoms with E-state index in [2.05, 4.69) is 5.43 Å². The van der Waals surface area contributed by atoms with E-state index in [4.69, 9.17) is 4.42 Å². The molecule has 0 saturated heterocycles. The fourth-order valence-electron chi connectivity index (χ4n) is 3.34. The van der Waals surface area contributed by atoms with Gasteiger partial charge in [-0.25, -0.2) is 13.8 Å². The molecule has 0 spiro atoms. The average molecular weight is 435 g/mol. The summed E-state index contributed by atoms with van der Waals surface area (Å²) >= 11 is 0. The van der Waals surface area contributed by atoms with E-state index in [1.807, 2.05) is 0 Å². The molecule has 8 heteroatoms. The van der Waals surface area contributed by atoms with Gasteiger partial charge in [-0.1, -0.05) is 18.2 Å². The molecule has 4 rings (SSSR count). The van der Waals surface area contributed by atoms with Crippen molar-refractivity contribution in [2.24, 2.45) is 0 Å². The van der Waals surface area contributed by atoms with Crippen molar-refractivity contribution in [2.75, 3.05) is 12.5 Å². The van der Waals surface area contributed by atoms with Gasteiger partial charge in [0.2, 0.25) is 0 Å². The van der Waals surface area contributed by atoms with E-state index in [0.29, 0.717) is 24.1 Å². The lowest BCUT2D eigenvalue weighted by atomic mass is 10.0. The minimum atomic E-state index is -0.984. The molecule has 0 aliphatic heterocycles. The molecule has 2 aromatic heterocycles. The zero-order chi connectivity index (χ0) is 22.7. The van der Waals surface area contributed by atoms with Crippen LogP contribution in [0.25, 0.3) is 5.69 Å². The highest BCUT2D eigenvalue weighted by Gasteiger charge is 2.22. The summed E-state index contributed by atoms with van der Waals surface area (Å²) in [6.07, 6.45) is 1.54. The van der Waals surface area contributed by atoms with E-state index in [-0.39, 0.29) is 22.5 Å². The van der Waals surface area contributed by atoms with Crippen LogP contribution >= 0.6 is 0 Å². The Bertz CT molecular complexity index is 1300. The summed E-state index contributed by atoms with van der Waals surface area (Å²) in [5, 5.41) is 1.63. The molecular formula is C24H19F2N3O3. The van der Waals surface area contributed by atoms with Crippen LogP contribution in [-0.4, -0.2) is 22.4 Å². The van der Waals surface area contributed by atoms with Gasteiger partial charge in [0.25, 0.3) is 5.56 Å². The number of hydrogen-bond acceptors (Lipinski definition) is 5. The number of para-hydroxylation sites is 1. The van der Waals surface area contributed by atoms with Crippen LogP contribution in [0.5, 0.6) is 0 Å². The van der Waals surface area contributed by atoms with E-state index in [1.54, 1.807) is 54.5 Å². The molecule has 6 nitrogen and oxygen atoms in total. The number of ketones is 1. The maximum atomic E-state index is 14.4. The number of carbonyl (C=O) groups is 1.